The SMILES string of the molecule is COc1ccc(C(=O)C2=Cc3cc4cc(OC)ccc4nc3N3CCCCN=C23)cc1. The van der Waals surface area contributed by atoms with E-state index >= 15 is 0 Å². The summed E-state index contributed by atoms with van der Waals surface area (Å²) in [7, 11) is 3.26. The van der Waals surface area contributed by atoms with Gasteiger partial charge in [0.25, 0.3) is 0 Å². The fraction of sp³-hybridized carbons (Fsp3) is 0.240. The van der Waals surface area contributed by atoms with Crippen molar-refractivity contribution in [2.24, 2.45) is 4.99 Å². The van der Waals surface area contributed by atoms with Crippen LogP contribution in [0.3, 0.4) is 0 Å². The highest BCUT2D eigenvalue weighted by atomic mass is 16.5. The number of hydrogen-bond acceptors (Lipinski definition) is 6. The van der Waals surface area contributed by atoms with E-state index in [4.69, 9.17) is 19.5 Å². The first-order chi connectivity index (χ1) is 15.2. The third kappa shape index (κ3) is 3.44. The second-order valence-electron chi connectivity index (χ2n) is 7.64. The van der Waals surface area contributed by atoms with Crippen molar-refractivity contribution in [1.82, 2.24) is 4.98 Å². The largest absolute Gasteiger partial charge is 0.497 e. The van der Waals surface area contributed by atoms with Crippen molar-refractivity contribution in [3.63, 3.8) is 0 Å². The van der Waals surface area contributed by atoms with Gasteiger partial charge in [-0.1, -0.05) is 0 Å². The van der Waals surface area contributed by atoms with Gasteiger partial charge in [-0.3, -0.25) is 9.79 Å². The first-order valence-electron chi connectivity index (χ1n) is 10.4. The van der Waals surface area contributed by atoms with E-state index in [1.807, 2.05) is 24.3 Å². The Morgan fingerprint density at radius 1 is 0.968 bits per heavy atom. The number of benzene rings is 2. The van der Waals surface area contributed by atoms with Gasteiger partial charge in [0.1, 0.15) is 23.2 Å². The molecular formula is C25H23N3O3. The number of aromatic nitrogens is 1. The monoisotopic (exact) mass is 413 g/mol. The summed E-state index contributed by atoms with van der Waals surface area (Å²) in [5, 5.41) is 0.973. The predicted octanol–water partition coefficient (Wildman–Crippen LogP) is 4.53. The molecule has 6 heteroatoms. The van der Waals surface area contributed by atoms with E-state index in [0.717, 1.165) is 53.2 Å². The molecule has 0 bridgehead atoms. The summed E-state index contributed by atoms with van der Waals surface area (Å²) in [4.78, 5) is 25.3. The normalized spacial score (nSPS) is 15.4. The maximum atomic E-state index is 13.5. The molecule has 0 aliphatic carbocycles. The zero-order valence-corrected chi connectivity index (χ0v) is 17.6. The minimum absolute atomic E-state index is 0.0512. The van der Waals surface area contributed by atoms with Crippen LogP contribution in [0.1, 0.15) is 28.8 Å². The Morgan fingerprint density at radius 3 is 2.52 bits per heavy atom. The molecule has 156 valence electrons. The number of anilines is 1. The van der Waals surface area contributed by atoms with Crippen LogP contribution in [0.25, 0.3) is 17.0 Å². The van der Waals surface area contributed by atoms with E-state index in [0.29, 0.717) is 23.5 Å². The number of ketones is 1. The van der Waals surface area contributed by atoms with Crippen LogP contribution in [0.2, 0.25) is 0 Å². The number of hydrogen-bond donors (Lipinski definition) is 0. The highest BCUT2D eigenvalue weighted by Crippen LogP contribution is 2.34. The summed E-state index contributed by atoms with van der Waals surface area (Å²) >= 11 is 0. The second kappa shape index (κ2) is 7.87. The number of amidine groups is 1. The molecule has 31 heavy (non-hydrogen) atoms. The second-order valence-corrected chi connectivity index (χ2v) is 7.64. The Balaban J connectivity index is 1.66. The first kappa shape index (κ1) is 19.3. The number of pyridine rings is 1. The van der Waals surface area contributed by atoms with Gasteiger partial charge in [-0.2, -0.15) is 0 Å². The van der Waals surface area contributed by atoms with Crippen molar-refractivity contribution in [1.29, 1.82) is 0 Å². The zero-order chi connectivity index (χ0) is 21.4. The molecule has 0 N–H and O–H groups in total. The molecule has 6 nitrogen and oxygen atoms in total. The molecule has 0 radical (unpaired) electrons. The van der Waals surface area contributed by atoms with Crippen molar-refractivity contribution >= 4 is 34.4 Å². The fourth-order valence-electron chi connectivity index (χ4n) is 4.09. The van der Waals surface area contributed by atoms with E-state index in [2.05, 4.69) is 11.0 Å². The Labute approximate surface area is 180 Å². The van der Waals surface area contributed by atoms with Gasteiger partial charge in [0.05, 0.1) is 25.3 Å². The molecule has 0 unspecified atom stereocenters. The number of nitrogens with zero attached hydrogens (tertiary/aromatic N) is 3. The highest BCUT2D eigenvalue weighted by Gasteiger charge is 2.31. The van der Waals surface area contributed by atoms with Crippen molar-refractivity contribution in [2.75, 3.05) is 32.2 Å². The number of rotatable bonds is 4. The van der Waals surface area contributed by atoms with Gasteiger partial charge in [0, 0.05) is 29.6 Å². The zero-order valence-electron chi connectivity index (χ0n) is 17.6. The number of ether oxygens (including phenoxy) is 2. The Morgan fingerprint density at radius 2 is 1.74 bits per heavy atom. The minimum atomic E-state index is -0.0512. The molecule has 3 aromatic rings. The molecule has 3 heterocycles. The Kier molecular flexibility index (Phi) is 4.90. The van der Waals surface area contributed by atoms with Gasteiger partial charge < -0.3 is 14.4 Å². The third-order valence-electron chi connectivity index (χ3n) is 5.73. The van der Waals surface area contributed by atoms with Crippen molar-refractivity contribution in [2.45, 2.75) is 12.8 Å². The molecule has 2 aromatic carbocycles. The number of fused-ring (bicyclic) bond motifs is 4. The summed E-state index contributed by atoms with van der Waals surface area (Å²) in [6.07, 6.45) is 3.91. The van der Waals surface area contributed by atoms with Crippen LogP contribution in [0.4, 0.5) is 5.82 Å². The first-order valence-corrected chi connectivity index (χ1v) is 10.4. The maximum Gasteiger partial charge on any atom is 0.196 e. The van der Waals surface area contributed by atoms with Gasteiger partial charge in [-0.05, 0) is 67.4 Å². The average Bonchev–Trinajstić information content (AvgIpc) is 3.08. The summed E-state index contributed by atoms with van der Waals surface area (Å²) in [5.74, 6) is 3.01. The fourth-order valence-corrected chi connectivity index (χ4v) is 4.09. The average molecular weight is 413 g/mol. The molecule has 2 aliphatic rings. The van der Waals surface area contributed by atoms with Gasteiger partial charge in [-0.15, -0.1) is 0 Å². The molecule has 1 aromatic heterocycles. The van der Waals surface area contributed by atoms with Gasteiger partial charge in [0.2, 0.25) is 0 Å². The Hall–Kier alpha value is -3.67. The molecule has 5 rings (SSSR count). The van der Waals surface area contributed by atoms with Crippen molar-refractivity contribution in [3.05, 3.63) is 65.2 Å². The topological polar surface area (TPSA) is 64.0 Å². The van der Waals surface area contributed by atoms with E-state index < -0.39 is 0 Å². The molecule has 0 fully saturated rings. The standard InChI is InChI=1S/C25H23N3O3/c1-30-19-7-5-16(6-8-19)23(29)21-15-18-13-17-14-20(31-2)9-10-22(17)27-24(18)28-12-4-3-11-26-25(21)28/h5-10,13-15H,3-4,11-12H2,1-2H3. The van der Waals surface area contributed by atoms with Crippen LogP contribution in [0.15, 0.2) is 59.1 Å². The molecule has 0 saturated heterocycles. The van der Waals surface area contributed by atoms with Crippen LogP contribution < -0.4 is 14.4 Å². The van der Waals surface area contributed by atoms with Gasteiger partial charge in [0.15, 0.2) is 5.78 Å². The Bertz CT molecular complexity index is 1230. The van der Waals surface area contributed by atoms with Gasteiger partial charge in [-0.25, -0.2) is 4.98 Å². The number of carbonyl (C=O) groups excluding carboxylic acids is 1. The lowest BCUT2D eigenvalue weighted by Crippen LogP contribution is -2.38. The summed E-state index contributed by atoms with van der Waals surface area (Å²) < 4.78 is 10.6. The summed E-state index contributed by atoms with van der Waals surface area (Å²) in [6, 6.07) is 15.1. The van der Waals surface area contributed by atoms with Gasteiger partial charge >= 0.3 is 0 Å². The van der Waals surface area contributed by atoms with Crippen LogP contribution in [0.5, 0.6) is 11.5 Å². The lowest BCUT2D eigenvalue weighted by Gasteiger charge is -2.30. The lowest BCUT2D eigenvalue weighted by atomic mass is 9.95. The van der Waals surface area contributed by atoms with Crippen molar-refractivity contribution < 1.29 is 14.3 Å². The molecule has 0 atom stereocenters. The highest BCUT2D eigenvalue weighted by molar-refractivity contribution is 6.35. The number of carbonyl (C=O) groups is 1. The number of aliphatic imine (C=N–C) groups is 1. The van der Waals surface area contributed by atoms with Crippen LogP contribution in [0, 0.1) is 0 Å². The summed E-state index contributed by atoms with van der Waals surface area (Å²) in [5.41, 5.74) is 3.02. The van der Waals surface area contributed by atoms with E-state index in [9.17, 15) is 4.79 Å². The van der Waals surface area contributed by atoms with Crippen molar-refractivity contribution in [3.8, 4) is 11.5 Å². The molecule has 0 spiro atoms. The van der Waals surface area contributed by atoms with E-state index in [-0.39, 0.29) is 5.78 Å². The van der Waals surface area contributed by atoms with Crippen LogP contribution >= 0.6 is 0 Å². The maximum absolute atomic E-state index is 13.5. The van der Waals surface area contributed by atoms with E-state index in [1.165, 1.54) is 0 Å². The third-order valence-corrected chi connectivity index (χ3v) is 5.73. The smallest absolute Gasteiger partial charge is 0.196 e. The minimum Gasteiger partial charge on any atom is -0.497 e. The predicted molar refractivity (Wildman–Crippen MR) is 122 cm³/mol. The molecule has 2 aliphatic heterocycles. The van der Waals surface area contributed by atoms with E-state index in [1.54, 1.807) is 38.5 Å². The molecule has 0 saturated carbocycles. The quantitative estimate of drug-likeness (QED) is 0.588. The molecule has 0 amide bonds. The molecular weight excluding hydrogens is 390 g/mol. The number of methoxy groups -OCH3 is 2. The van der Waals surface area contributed by atoms with Crippen LogP contribution in [-0.2, 0) is 0 Å². The summed E-state index contributed by atoms with van der Waals surface area (Å²) in [6.45, 7) is 1.49. The van der Waals surface area contributed by atoms with Crippen LogP contribution in [-0.4, -0.2) is 43.9 Å². The lowest BCUT2D eigenvalue weighted by molar-refractivity contribution is 0.104. The number of Topliss-reactive ketones (excluding diaryl/α,β-unsaturated/α-hetero) is 1.